The Balaban J connectivity index is 1.47. The predicted molar refractivity (Wildman–Crippen MR) is 90.8 cm³/mol. The molecule has 0 unspecified atom stereocenters. The average molecular weight is 330 g/mol. The fourth-order valence-corrected chi connectivity index (χ4v) is 4.73. The van der Waals surface area contributed by atoms with Crippen molar-refractivity contribution in [3.8, 4) is 0 Å². The van der Waals surface area contributed by atoms with Gasteiger partial charge in [0.1, 0.15) is 0 Å². The largest absolute Gasteiger partial charge is 0.347 e. The second-order valence-corrected chi connectivity index (χ2v) is 7.53. The van der Waals surface area contributed by atoms with Crippen LogP contribution in [0.3, 0.4) is 0 Å². The third-order valence-electron chi connectivity index (χ3n) is 4.93. The first-order chi connectivity index (χ1) is 11.2. The minimum Gasteiger partial charge on any atom is -0.347 e. The van der Waals surface area contributed by atoms with Gasteiger partial charge in [0.2, 0.25) is 0 Å². The van der Waals surface area contributed by atoms with Crippen LogP contribution < -0.4 is 5.32 Å². The van der Waals surface area contributed by atoms with Gasteiger partial charge < -0.3 is 10.2 Å². The molecule has 0 aromatic carbocycles. The van der Waals surface area contributed by atoms with E-state index in [0.29, 0.717) is 12.2 Å². The van der Waals surface area contributed by atoms with Crippen LogP contribution in [0, 0.1) is 0 Å². The Kier molecular flexibility index (Phi) is 3.95. The molecule has 2 N–H and O–H groups in total. The smallest absolute Gasteiger partial charge is 0.272 e. The van der Waals surface area contributed by atoms with Crippen molar-refractivity contribution in [3.63, 3.8) is 0 Å². The van der Waals surface area contributed by atoms with Gasteiger partial charge in [0.15, 0.2) is 5.69 Å². The molecule has 1 amide bonds. The van der Waals surface area contributed by atoms with E-state index in [4.69, 9.17) is 0 Å². The monoisotopic (exact) mass is 330 g/mol. The van der Waals surface area contributed by atoms with E-state index in [0.717, 1.165) is 37.2 Å². The molecule has 2 aliphatic rings. The van der Waals surface area contributed by atoms with Crippen LogP contribution >= 0.6 is 11.3 Å². The third-order valence-corrected chi connectivity index (χ3v) is 6.06. The van der Waals surface area contributed by atoms with E-state index in [9.17, 15) is 4.79 Å². The summed E-state index contributed by atoms with van der Waals surface area (Å²) in [7, 11) is 2.08. The van der Waals surface area contributed by atoms with E-state index in [1.165, 1.54) is 35.3 Å². The van der Waals surface area contributed by atoms with Gasteiger partial charge in [0, 0.05) is 42.2 Å². The number of H-pyrrole nitrogens is 1. The molecule has 0 bridgehead atoms. The number of rotatable bonds is 3. The summed E-state index contributed by atoms with van der Waals surface area (Å²) in [5.74, 6) is -0.0615. The Bertz CT molecular complexity index is 733. The van der Waals surface area contributed by atoms with Crippen LogP contribution in [0.4, 0.5) is 0 Å². The van der Waals surface area contributed by atoms with Crippen molar-refractivity contribution in [1.82, 2.24) is 20.4 Å². The first-order valence-electron chi connectivity index (χ1n) is 8.33. The zero-order chi connectivity index (χ0) is 15.8. The maximum absolute atomic E-state index is 12.5. The van der Waals surface area contributed by atoms with Crippen molar-refractivity contribution in [1.29, 1.82) is 0 Å². The molecule has 122 valence electrons. The first kappa shape index (κ1) is 14.9. The summed E-state index contributed by atoms with van der Waals surface area (Å²) in [6, 6.07) is 0. The predicted octanol–water partition coefficient (Wildman–Crippen LogP) is 2.27. The highest BCUT2D eigenvalue weighted by molar-refractivity contribution is 7.10. The molecule has 0 saturated heterocycles. The number of thiophene rings is 1. The lowest BCUT2D eigenvalue weighted by Gasteiger charge is -2.22. The number of hydrogen-bond acceptors (Lipinski definition) is 4. The number of amides is 1. The summed E-state index contributed by atoms with van der Waals surface area (Å²) in [6.45, 7) is 2.42. The molecular weight excluding hydrogens is 308 g/mol. The molecule has 3 heterocycles. The van der Waals surface area contributed by atoms with E-state index >= 15 is 0 Å². The van der Waals surface area contributed by atoms with Crippen LogP contribution in [0.2, 0.25) is 0 Å². The number of hydrogen-bond donors (Lipinski definition) is 2. The summed E-state index contributed by atoms with van der Waals surface area (Å²) >= 11 is 1.84. The number of aromatic amines is 1. The van der Waals surface area contributed by atoms with Crippen molar-refractivity contribution in [2.45, 2.75) is 45.2 Å². The molecular formula is C17H22N4OS. The molecule has 0 spiro atoms. The maximum Gasteiger partial charge on any atom is 0.272 e. The minimum atomic E-state index is -0.0615. The second-order valence-electron chi connectivity index (χ2n) is 6.57. The molecule has 6 heteroatoms. The van der Waals surface area contributed by atoms with E-state index in [1.807, 2.05) is 11.3 Å². The molecule has 0 atom stereocenters. The third kappa shape index (κ3) is 2.81. The minimum absolute atomic E-state index is 0.0615. The maximum atomic E-state index is 12.5. The van der Waals surface area contributed by atoms with E-state index in [2.05, 4.69) is 32.8 Å². The number of aryl methyl sites for hydroxylation is 1. The highest BCUT2D eigenvalue weighted by Gasteiger charge is 2.24. The Hall–Kier alpha value is -1.66. The van der Waals surface area contributed by atoms with Crippen LogP contribution in [0.5, 0.6) is 0 Å². The number of aromatic nitrogens is 2. The summed E-state index contributed by atoms with van der Waals surface area (Å²) in [4.78, 5) is 16.3. The van der Waals surface area contributed by atoms with Gasteiger partial charge in [0.25, 0.3) is 5.91 Å². The Morgan fingerprint density at radius 1 is 1.35 bits per heavy atom. The van der Waals surface area contributed by atoms with Crippen molar-refractivity contribution < 1.29 is 4.79 Å². The molecule has 4 rings (SSSR count). The van der Waals surface area contributed by atoms with Gasteiger partial charge in [-0.25, -0.2) is 0 Å². The number of nitrogens with one attached hydrogen (secondary N) is 2. The van der Waals surface area contributed by atoms with Crippen molar-refractivity contribution in [2.75, 3.05) is 13.6 Å². The fraction of sp³-hybridized carbons (Fsp3) is 0.529. The van der Waals surface area contributed by atoms with E-state index in [-0.39, 0.29) is 5.91 Å². The topological polar surface area (TPSA) is 61.0 Å². The zero-order valence-corrected chi connectivity index (χ0v) is 14.3. The van der Waals surface area contributed by atoms with Gasteiger partial charge >= 0.3 is 0 Å². The van der Waals surface area contributed by atoms with Crippen LogP contribution in [-0.4, -0.2) is 34.6 Å². The van der Waals surface area contributed by atoms with Crippen LogP contribution in [0.25, 0.3) is 0 Å². The summed E-state index contributed by atoms with van der Waals surface area (Å²) < 4.78 is 0. The molecule has 0 fully saturated rings. The van der Waals surface area contributed by atoms with Gasteiger partial charge in [-0.1, -0.05) is 0 Å². The van der Waals surface area contributed by atoms with Crippen LogP contribution in [0.15, 0.2) is 5.38 Å². The summed E-state index contributed by atoms with van der Waals surface area (Å²) in [5.41, 5.74) is 5.50. The van der Waals surface area contributed by atoms with E-state index in [1.54, 1.807) is 0 Å². The second kappa shape index (κ2) is 6.09. The summed E-state index contributed by atoms with van der Waals surface area (Å²) in [6.07, 6.45) is 5.86. The molecule has 1 aliphatic heterocycles. The van der Waals surface area contributed by atoms with Crippen LogP contribution in [0.1, 0.15) is 50.6 Å². The van der Waals surface area contributed by atoms with Gasteiger partial charge in [-0.3, -0.25) is 9.89 Å². The van der Waals surface area contributed by atoms with Crippen molar-refractivity contribution in [3.05, 3.63) is 38.3 Å². The number of carbonyl (C=O) groups is 1. The summed E-state index contributed by atoms with van der Waals surface area (Å²) in [5, 5.41) is 12.6. The highest BCUT2D eigenvalue weighted by Crippen LogP contribution is 2.30. The first-order valence-corrected chi connectivity index (χ1v) is 9.21. The quantitative estimate of drug-likeness (QED) is 0.907. The zero-order valence-electron chi connectivity index (χ0n) is 13.4. The molecule has 0 radical (unpaired) electrons. The number of carbonyl (C=O) groups excluding carboxylic acids is 1. The Morgan fingerprint density at radius 3 is 3.13 bits per heavy atom. The van der Waals surface area contributed by atoms with Crippen LogP contribution in [-0.2, 0) is 32.4 Å². The fourth-order valence-electron chi connectivity index (χ4n) is 3.59. The normalized spacial score (nSPS) is 17.6. The lowest BCUT2D eigenvalue weighted by atomic mass is 9.96. The molecule has 0 saturated carbocycles. The van der Waals surface area contributed by atoms with Gasteiger partial charge in [-0.15, -0.1) is 11.3 Å². The molecule has 5 nitrogen and oxygen atoms in total. The highest BCUT2D eigenvalue weighted by atomic mass is 32.1. The Labute approximate surface area is 140 Å². The number of fused-ring (bicyclic) bond motifs is 2. The number of nitrogens with zero attached hydrogens (tertiary/aromatic N) is 2. The van der Waals surface area contributed by atoms with Gasteiger partial charge in [0.05, 0.1) is 0 Å². The molecule has 1 aliphatic carbocycles. The van der Waals surface area contributed by atoms with Crippen molar-refractivity contribution >= 4 is 17.2 Å². The number of likely N-dealkylation sites (N-methyl/N-ethyl adjacent to an activating group) is 1. The van der Waals surface area contributed by atoms with Crippen molar-refractivity contribution in [2.24, 2.45) is 0 Å². The Morgan fingerprint density at radius 2 is 2.22 bits per heavy atom. The van der Waals surface area contributed by atoms with E-state index < -0.39 is 0 Å². The molecule has 23 heavy (non-hydrogen) atoms. The molecule has 2 aromatic rings. The SMILES string of the molecule is CN1CCc2[nH]nc(C(=O)NCc3csc4c3CCCC4)c2C1. The lowest BCUT2D eigenvalue weighted by Crippen LogP contribution is -2.29. The van der Waals surface area contributed by atoms with Gasteiger partial charge in [-0.2, -0.15) is 5.10 Å². The lowest BCUT2D eigenvalue weighted by molar-refractivity contribution is 0.0944. The van der Waals surface area contributed by atoms with Gasteiger partial charge in [-0.05, 0) is 49.2 Å². The molecule has 2 aromatic heterocycles. The standard InChI is InChI=1S/C17H22N4OS/c1-21-7-6-14-13(9-21)16(20-19-14)17(22)18-8-11-10-23-15-5-3-2-4-12(11)15/h10H,2-9H2,1H3,(H,18,22)(H,19,20). The average Bonchev–Trinajstić information content (AvgIpc) is 3.16.